The maximum absolute atomic E-state index is 12.4. The predicted molar refractivity (Wildman–Crippen MR) is 107 cm³/mol. The molecule has 0 N–H and O–H groups in total. The maximum Gasteiger partial charge on any atom is 0.284 e. The average Bonchev–Trinajstić information content (AvgIpc) is 3.22. The van der Waals surface area contributed by atoms with Gasteiger partial charge in [-0.25, -0.2) is 0 Å². The van der Waals surface area contributed by atoms with Crippen molar-refractivity contribution in [2.75, 3.05) is 13.7 Å². The number of thiocarbonyl (C=S) groups is 1. The third kappa shape index (κ3) is 3.79. The summed E-state index contributed by atoms with van der Waals surface area (Å²) in [5.41, 5.74) is 0.187. The Bertz CT molecular complexity index is 980. The van der Waals surface area contributed by atoms with E-state index in [1.165, 1.54) is 29.8 Å². The van der Waals surface area contributed by atoms with Gasteiger partial charge in [-0.15, -0.1) is 6.58 Å². The van der Waals surface area contributed by atoms with E-state index < -0.39 is 4.92 Å². The van der Waals surface area contributed by atoms with E-state index in [0.29, 0.717) is 38.6 Å². The van der Waals surface area contributed by atoms with E-state index in [0.717, 1.165) is 0 Å². The SMILES string of the molecule is C=CCN1C(=O)C(=Cc2ccc(-c3ccc(OC)cc3[N+](=O)[O-])o2)SC1=S. The first-order valence-corrected chi connectivity index (χ1v) is 8.96. The van der Waals surface area contributed by atoms with E-state index in [9.17, 15) is 14.9 Å². The molecule has 1 aromatic carbocycles. The maximum atomic E-state index is 12.4. The summed E-state index contributed by atoms with van der Waals surface area (Å²) in [6, 6.07) is 7.76. The first-order valence-electron chi connectivity index (χ1n) is 7.73. The van der Waals surface area contributed by atoms with Crippen molar-refractivity contribution in [3.8, 4) is 17.1 Å². The second-order valence-electron chi connectivity index (χ2n) is 5.42. The van der Waals surface area contributed by atoms with E-state index in [1.807, 2.05) is 0 Å². The molecular weight excluding hydrogens is 388 g/mol. The van der Waals surface area contributed by atoms with E-state index in [-0.39, 0.29) is 11.6 Å². The van der Waals surface area contributed by atoms with Crippen LogP contribution in [0.3, 0.4) is 0 Å². The Hall–Kier alpha value is -2.91. The Labute approximate surface area is 164 Å². The number of nitrogens with zero attached hydrogens (tertiary/aromatic N) is 2. The molecule has 1 aliphatic heterocycles. The van der Waals surface area contributed by atoms with Gasteiger partial charge in [0, 0.05) is 12.6 Å². The summed E-state index contributed by atoms with van der Waals surface area (Å²) in [6.07, 6.45) is 3.17. The minimum Gasteiger partial charge on any atom is -0.497 e. The van der Waals surface area contributed by atoms with Crippen molar-refractivity contribution in [2.24, 2.45) is 0 Å². The summed E-state index contributed by atoms with van der Waals surface area (Å²) >= 11 is 6.36. The van der Waals surface area contributed by atoms with Crippen molar-refractivity contribution in [3.63, 3.8) is 0 Å². The Balaban J connectivity index is 1.92. The average molecular weight is 402 g/mol. The van der Waals surface area contributed by atoms with Gasteiger partial charge in [0.25, 0.3) is 11.6 Å². The number of thioether (sulfide) groups is 1. The third-order valence-corrected chi connectivity index (χ3v) is 5.13. The first kappa shape index (κ1) is 18.9. The molecule has 0 spiro atoms. The minimum absolute atomic E-state index is 0.132. The van der Waals surface area contributed by atoms with Crippen LogP contribution in [0, 0.1) is 10.1 Å². The smallest absolute Gasteiger partial charge is 0.284 e. The number of amides is 1. The van der Waals surface area contributed by atoms with Crippen molar-refractivity contribution >= 4 is 46.0 Å². The van der Waals surface area contributed by atoms with Crippen LogP contribution < -0.4 is 4.74 Å². The summed E-state index contributed by atoms with van der Waals surface area (Å²) in [7, 11) is 1.44. The number of hydrogen-bond acceptors (Lipinski definition) is 7. The number of benzene rings is 1. The fraction of sp³-hybridized carbons (Fsp3) is 0.111. The fourth-order valence-electron chi connectivity index (χ4n) is 2.49. The lowest BCUT2D eigenvalue weighted by Crippen LogP contribution is -2.27. The number of carbonyl (C=O) groups is 1. The number of furan rings is 1. The van der Waals surface area contributed by atoms with Gasteiger partial charge in [0.15, 0.2) is 0 Å². The Morgan fingerprint density at radius 2 is 2.19 bits per heavy atom. The van der Waals surface area contributed by atoms with Gasteiger partial charge < -0.3 is 9.15 Å². The Kier molecular flexibility index (Phi) is 5.43. The van der Waals surface area contributed by atoms with Gasteiger partial charge >= 0.3 is 0 Å². The largest absolute Gasteiger partial charge is 0.497 e. The van der Waals surface area contributed by atoms with Crippen molar-refractivity contribution in [1.29, 1.82) is 0 Å². The van der Waals surface area contributed by atoms with Crippen LogP contribution in [0.25, 0.3) is 17.4 Å². The molecule has 1 saturated heterocycles. The highest BCUT2D eigenvalue weighted by atomic mass is 32.2. The number of nitro groups is 1. The summed E-state index contributed by atoms with van der Waals surface area (Å²) in [5, 5.41) is 11.3. The molecule has 7 nitrogen and oxygen atoms in total. The first-order chi connectivity index (χ1) is 12.9. The molecule has 2 aromatic rings. The highest BCUT2D eigenvalue weighted by Gasteiger charge is 2.31. The lowest BCUT2D eigenvalue weighted by atomic mass is 10.1. The molecule has 27 heavy (non-hydrogen) atoms. The number of nitro benzene ring substituents is 1. The second-order valence-corrected chi connectivity index (χ2v) is 7.10. The van der Waals surface area contributed by atoms with Gasteiger partial charge in [0.2, 0.25) is 0 Å². The lowest BCUT2D eigenvalue weighted by molar-refractivity contribution is -0.384. The zero-order valence-corrected chi connectivity index (χ0v) is 15.8. The molecule has 0 unspecified atom stereocenters. The van der Waals surface area contributed by atoms with Crippen LogP contribution in [0.5, 0.6) is 5.75 Å². The van der Waals surface area contributed by atoms with Crippen LogP contribution in [0.4, 0.5) is 5.69 Å². The minimum atomic E-state index is -0.500. The highest BCUT2D eigenvalue weighted by Crippen LogP contribution is 2.36. The Morgan fingerprint density at radius 3 is 2.85 bits per heavy atom. The Morgan fingerprint density at radius 1 is 1.41 bits per heavy atom. The summed E-state index contributed by atoms with van der Waals surface area (Å²) in [4.78, 5) is 25.1. The molecule has 0 radical (unpaired) electrons. The van der Waals surface area contributed by atoms with E-state index in [4.69, 9.17) is 21.4 Å². The third-order valence-electron chi connectivity index (χ3n) is 3.75. The van der Waals surface area contributed by atoms with Crippen LogP contribution in [0.15, 0.2) is 52.3 Å². The molecule has 0 bridgehead atoms. The van der Waals surface area contributed by atoms with E-state index >= 15 is 0 Å². The fourth-order valence-corrected chi connectivity index (χ4v) is 3.74. The molecular formula is C18H14N2O5S2. The summed E-state index contributed by atoms with van der Waals surface area (Å²) in [5.74, 6) is 0.868. The van der Waals surface area contributed by atoms with Gasteiger partial charge in [-0.2, -0.15) is 0 Å². The molecule has 0 atom stereocenters. The van der Waals surface area contributed by atoms with Gasteiger partial charge in [-0.05, 0) is 24.3 Å². The van der Waals surface area contributed by atoms with Crippen molar-refractivity contribution in [2.45, 2.75) is 0 Å². The molecule has 1 amide bonds. The summed E-state index contributed by atoms with van der Waals surface area (Å²) in [6.45, 7) is 3.95. The summed E-state index contributed by atoms with van der Waals surface area (Å²) < 4.78 is 11.2. The number of rotatable bonds is 6. The highest BCUT2D eigenvalue weighted by molar-refractivity contribution is 8.26. The normalized spacial score (nSPS) is 15.4. The predicted octanol–water partition coefficient (Wildman–Crippen LogP) is 4.25. The molecule has 0 aliphatic carbocycles. The van der Waals surface area contributed by atoms with Gasteiger partial charge in [0.1, 0.15) is 21.6 Å². The van der Waals surface area contributed by atoms with E-state index in [1.54, 1.807) is 36.4 Å². The number of hydrogen-bond donors (Lipinski definition) is 0. The van der Waals surface area contributed by atoms with Crippen LogP contribution in [0.2, 0.25) is 0 Å². The molecule has 9 heteroatoms. The monoisotopic (exact) mass is 402 g/mol. The van der Waals surface area contributed by atoms with Gasteiger partial charge in [0.05, 0.1) is 28.6 Å². The second kappa shape index (κ2) is 7.77. The standard InChI is InChI=1S/C18H14N2O5S2/c1-3-8-19-17(21)16(27-18(19)26)10-12-5-7-15(25-12)13-6-4-11(24-2)9-14(13)20(22)23/h3-7,9-10H,1,8H2,2H3. The number of methoxy groups -OCH3 is 1. The molecule has 0 saturated carbocycles. The molecule has 1 aromatic heterocycles. The van der Waals surface area contributed by atoms with Crippen molar-refractivity contribution in [1.82, 2.24) is 4.90 Å². The van der Waals surface area contributed by atoms with Crippen molar-refractivity contribution < 1.29 is 18.9 Å². The van der Waals surface area contributed by atoms with Crippen LogP contribution in [0.1, 0.15) is 5.76 Å². The van der Waals surface area contributed by atoms with Gasteiger partial charge in [-0.1, -0.05) is 30.1 Å². The van der Waals surface area contributed by atoms with Gasteiger partial charge in [-0.3, -0.25) is 19.8 Å². The number of ether oxygens (including phenoxy) is 1. The lowest BCUT2D eigenvalue weighted by Gasteiger charge is -2.10. The topological polar surface area (TPSA) is 85.8 Å². The molecule has 1 fully saturated rings. The number of carbonyl (C=O) groups excluding carboxylic acids is 1. The van der Waals surface area contributed by atoms with Crippen LogP contribution >= 0.6 is 24.0 Å². The molecule has 2 heterocycles. The molecule has 1 aliphatic rings. The van der Waals surface area contributed by atoms with Crippen LogP contribution in [-0.2, 0) is 4.79 Å². The quantitative estimate of drug-likeness (QED) is 0.235. The molecule has 3 rings (SSSR count). The zero-order valence-electron chi connectivity index (χ0n) is 14.2. The zero-order chi connectivity index (χ0) is 19.6. The molecule has 138 valence electrons. The van der Waals surface area contributed by atoms with Crippen LogP contribution in [-0.4, -0.2) is 33.7 Å². The van der Waals surface area contributed by atoms with Crippen molar-refractivity contribution in [3.05, 3.63) is 63.8 Å². The van der Waals surface area contributed by atoms with E-state index in [2.05, 4.69) is 6.58 Å².